The lowest BCUT2D eigenvalue weighted by molar-refractivity contribution is -0.122. The highest BCUT2D eigenvalue weighted by atomic mass is 35.5. The average Bonchev–Trinajstić information content (AvgIpc) is 2.30. The summed E-state index contributed by atoms with van der Waals surface area (Å²) in [5.41, 5.74) is 0.109. The second-order valence-corrected chi connectivity index (χ2v) is 5.42. The SMILES string of the molecule is CC(=O)NC1(C2CCCCC2)CCNCC1.Cl. The molecule has 0 radical (unpaired) electrons. The van der Waals surface area contributed by atoms with Gasteiger partial charge in [0.1, 0.15) is 0 Å². The van der Waals surface area contributed by atoms with Gasteiger partial charge in [0.2, 0.25) is 5.91 Å². The molecule has 4 heteroatoms. The van der Waals surface area contributed by atoms with Crippen LogP contribution in [0.15, 0.2) is 0 Å². The first-order valence-electron chi connectivity index (χ1n) is 6.72. The zero-order valence-electron chi connectivity index (χ0n) is 10.8. The van der Waals surface area contributed by atoms with Crippen molar-refractivity contribution in [2.24, 2.45) is 5.92 Å². The highest BCUT2D eigenvalue weighted by Crippen LogP contribution is 2.37. The second kappa shape index (κ2) is 6.60. The van der Waals surface area contributed by atoms with Crippen LogP contribution in [-0.2, 0) is 4.79 Å². The first kappa shape index (κ1) is 14.8. The molecule has 2 aliphatic rings. The zero-order valence-corrected chi connectivity index (χ0v) is 11.6. The summed E-state index contributed by atoms with van der Waals surface area (Å²) in [6, 6.07) is 0. The van der Waals surface area contributed by atoms with Crippen molar-refractivity contribution in [3.8, 4) is 0 Å². The molecule has 2 fully saturated rings. The van der Waals surface area contributed by atoms with E-state index in [1.165, 1.54) is 32.1 Å². The maximum absolute atomic E-state index is 11.4. The van der Waals surface area contributed by atoms with Crippen LogP contribution >= 0.6 is 12.4 Å². The number of nitrogens with one attached hydrogen (secondary N) is 2. The van der Waals surface area contributed by atoms with Crippen LogP contribution in [0.1, 0.15) is 51.9 Å². The van der Waals surface area contributed by atoms with Crippen molar-refractivity contribution in [3.05, 3.63) is 0 Å². The van der Waals surface area contributed by atoms with Crippen LogP contribution < -0.4 is 10.6 Å². The van der Waals surface area contributed by atoms with Crippen LogP contribution in [0.25, 0.3) is 0 Å². The number of hydrogen-bond donors (Lipinski definition) is 2. The molecule has 1 aliphatic carbocycles. The standard InChI is InChI=1S/C13H24N2O.ClH/c1-11(16)15-13(7-9-14-10-8-13)12-5-3-2-4-6-12;/h12,14H,2-10H2,1H3,(H,15,16);1H. The van der Waals surface area contributed by atoms with Crippen LogP contribution in [0.5, 0.6) is 0 Å². The quantitative estimate of drug-likeness (QED) is 0.800. The molecule has 0 atom stereocenters. The number of carbonyl (C=O) groups excluding carboxylic acids is 1. The lowest BCUT2D eigenvalue weighted by atomic mass is 9.70. The molecule has 1 amide bonds. The van der Waals surface area contributed by atoms with E-state index in [-0.39, 0.29) is 23.9 Å². The molecular formula is C13H25ClN2O. The van der Waals surface area contributed by atoms with Crippen molar-refractivity contribution in [2.45, 2.75) is 57.4 Å². The van der Waals surface area contributed by atoms with E-state index in [2.05, 4.69) is 10.6 Å². The Bertz CT molecular complexity index is 246. The van der Waals surface area contributed by atoms with Crippen molar-refractivity contribution < 1.29 is 4.79 Å². The number of halogens is 1. The highest BCUT2D eigenvalue weighted by molar-refractivity contribution is 5.85. The fourth-order valence-corrected chi connectivity index (χ4v) is 3.51. The van der Waals surface area contributed by atoms with E-state index in [0.29, 0.717) is 5.92 Å². The lowest BCUT2D eigenvalue weighted by Gasteiger charge is -2.46. The third-order valence-electron chi connectivity index (χ3n) is 4.31. The first-order valence-corrected chi connectivity index (χ1v) is 6.72. The normalized spacial score (nSPS) is 24.8. The van der Waals surface area contributed by atoms with Crippen molar-refractivity contribution in [1.29, 1.82) is 0 Å². The molecule has 0 spiro atoms. The number of hydrogen-bond acceptors (Lipinski definition) is 2. The Kier molecular flexibility index (Phi) is 5.74. The summed E-state index contributed by atoms with van der Waals surface area (Å²) in [6.07, 6.45) is 8.90. The fourth-order valence-electron chi connectivity index (χ4n) is 3.51. The van der Waals surface area contributed by atoms with Crippen molar-refractivity contribution in [2.75, 3.05) is 13.1 Å². The highest BCUT2D eigenvalue weighted by Gasteiger charge is 2.40. The summed E-state index contributed by atoms with van der Waals surface area (Å²) in [7, 11) is 0. The van der Waals surface area contributed by atoms with Gasteiger partial charge in [0.15, 0.2) is 0 Å². The third-order valence-corrected chi connectivity index (χ3v) is 4.31. The predicted octanol–water partition coefficient (Wildman–Crippen LogP) is 2.25. The predicted molar refractivity (Wildman–Crippen MR) is 72.5 cm³/mol. The summed E-state index contributed by atoms with van der Waals surface area (Å²) >= 11 is 0. The molecular weight excluding hydrogens is 236 g/mol. The van der Waals surface area contributed by atoms with E-state index in [1.807, 2.05) is 0 Å². The molecule has 0 aromatic rings. The molecule has 1 saturated heterocycles. The Morgan fingerprint density at radius 3 is 2.29 bits per heavy atom. The molecule has 3 nitrogen and oxygen atoms in total. The topological polar surface area (TPSA) is 41.1 Å². The summed E-state index contributed by atoms with van der Waals surface area (Å²) in [4.78, 5) is 11.4. The maximum atomic E-state index is 11.4. The summed E-state index contributed by atoms with van der Waals surface area (Å²) in [5, 5.41) is 6.69. The molecule has 0 aromatic carbocycles. The van der Waals surface area contributed by atoms with Crippen LogP contribution in [0, 0.1) is 5.92 Å². The van der Waals surface area contributed by atoms with Gasteiger partial charge in [-0.1, -0.05) is 19.3 Å². The Hall–Kier alpha value is -0.280. The van der Waals surface area contributed by atoms with Gasteiger partial charge < -0.3 is 10.6 Å². The molecule has 0 bridgehead atoms. The van der Waals surface area contributed by atoms with E-state index >= 15 is 0 Å². The van der Waals surface area contributed by atoms with Gasteiger partial charge in [0, 0.05) is 12.5 Å². The fraction of sp³-hybridized carbons (Fsp3) is 0.923. The molecule has 2 N–H and O–H groups in total. The van der Waals surface area contributed by atoms with Gasteiger partial charge in [-0.05, 0) is 44.7 Å². The van der Waals surface area contributed by atoms with E-state index < -0.39 is 0 Å². The molecule has 17 heavy (non-hydrogen) atoms. The van der Waals surface area contributed by atoms with E-state index in [1.54, 1.807) is 6.92 Å². The molecule has 1 heterocycles. The van der Waals surface area contributed by atoms with Gasteiger partial charge in [-0.3, -0.25) is 4.79 Å². The largest absolute Gasteiger partial charge is 0.351 e. The van der Waals surface area contributed by atoms with E-state index in [0.717, 1.165) is 25.9 Å². The van der Waals surface area contributed by atoms with Crippen LogP contribution in [0.2, 0.25) is 0 Å². The minimum atomic E-state index is 0. The molecule has 1 aliphatic heterocycles. The zero-order chi connectivity index (χ0) is 11.4. The minimum absolute atomic E-state index is 0. The monoisotopic (exact) mass is 260 g/mol. The van der Waals surface area contributed by atoms with Crippen molar-refractivity contribution in [1.82, 2.24) is 10.6 Å². The number of carbonyl (C=O) groups is 1. The van der Waals surface area contributed by atoms with Gasteiger partial charge in [-0.15, -0.1) is 12.4 Å². The maximum Gasteiger partial charge on any atom is 0.217 e. The number of piperidine rings is 1. The van der Waals surface area contributed by atoms with Gasteiger partial charge in [0.25, 0.3) is 0 Å². The Labute approximate surface area is 111 Å². The van der Waals surface area contributed by atoms with E-state index in [4.69, 9.17) is 0 Å². The average molecular weight is 261 g/mol. The van der Waals surface area contributed by atoms with Gasteiger partial charge in [-0.2, -0.15) is 0 Å². The smallest absolute Gasteiger partial charge is 0.217 e. The van der Waals surface area contributed by atoms with Crippen LogP contribution in [0.3, 0.4) is 0 Å². The van der Waals surface area contributed by atoms with Crippen LogP contribution in [0.4, 0.5) is 0 Å². The number of amides is 1. The van der Waals surface area contributed by atoms with E-state index in [9.17, 15) is 4.79 Å². The second-order valence-electron chi connectivity index (χ2n) is 5.42. The van der Waals surface area contributed by atoms with Crippen molar-refractivity contribution in [3.63, 3.8) is 0 Å². The summed E-state index contributed by atoms with van der Waals surface area (Å²) < 4.78 is 0. The van der Waals surface area contributed by atoms with Gasteiger partial charge >= 0.3 is 0 Å². The minimum Gasteiger partial charge on any atom is -0.351 e. The Balaban J connectivity index is 0.00000144. The first-order chi connectivity index (χ1) is 7.73. The lowest BCUT2D eigenvalue weighted by Crippen LogP contribution is -2.58. The third kappa shape index (κ3) is 3.59. The van der Waals surface area contributed by atoms with Gasteiger partial charge in [-0.25, -0.2) is 0 Å². The van der Waals surface area contributed by atoms with Crippen molar-refractivity contribution >= 4 is 18.3 Å². The molecule has 2 rings (SSSR count). The Morgan fingerprint density at radius 2 is 1.76 bits per heavy atom. The number of rotatable bonds is 2. The van der Waals surface area contributed by atoms with Crippen LogP contribution in [-0.4, -0.2) is 24.5 Å². The molecule has 0 aromatic heterocycles. The van der Waals surface area contributed by atoms with Gasteiger partial charge in [0.05, 0.1) is 0 Å². The molecule has 0 unspecified atom stereocenters. The molecule has 100 valence electrons. The summed E-state index contributed by atoms with van der Waals surface area (Å²) in [5.74, 6) is 0.861. The summed E-state index contributed by atoms with van der Waals surface area (Å²) in [6.45, 7) is 3.76. The molecule has 1 saturated carbocycles. The Morgan fingerprint density at radius 1 is 1.18 bits per heavy atom.